The standard InChI is InChI=1S/C19H21NO5S2/c1-14-7-9-15(10-8-14)26-12-11-20-18(21)13-25-19(22)16-5-3-4-6-17(16)27(2,23)24/h3-10H,11-13H2,1-2H3,(H,20,21). The molecule has 8 heteroatoms. The summed E-state index contributed by atoms with van der Waals surface area (Å²) < 4.78 is 28.4. The summed E-state index contributed by atoms with van der Waals surface area (Å²) in [6.07, 6.45) is 1.01. The minimum Gasteiger partial charge on any atom is -0.452 e. The van der Waals surface area contributed by atoms with E-state index in [-0.39, 0.29) is 10.5 Å². The predicted molar refractivity (Wildman–Crippen MR) is 105 cm³/mol. The van der Waals surface area contributed by atoms with Crippen LogP contribution >= 0.6 is 11.8 Å². The van der Waals surface area contributed by atoms with Crippen LogP contribution in [0.5, 0.6) is 0 Å². The number of carbonyl (C=O) groups is 2. The Bertz CT molecular complexity index is 908. The van der Waals surface area contributed by atoms with Crippen LogP contribution in [0.3, 0.4) is 0 Å². The van der Waals surface area contributed by atoms with Crippen LogP contribution in [0.25, 0.3) is 0 Å². The third-order valence-corrected chi connectivity index (χ3v) is 5.72. The number of esters is 1. The van der Waals surface area contributed by atoms with Crippen molar-refractivity contribution in [2.45, 2.75) is 16.7 Å². The number of hydrogen-bond donors (Lipinski definition) is 1. The van der Waals surface area contributed by atoms with E-state index in [1.54, 1.807) is 11.8 Å². The number of carbonyl (C=O) groups excluding carboxylic acids is 2. The Morgan fingerprint density at radius 2 is 1.74 bits per heavy atom. The van der Waals surface area contributed by atoms with Gasteiger partial charge in [0.05, 0.1) is 10.5 Å². The molecule has 0 saturated heterocycles. The molecule has 0 aromatic heterocycles. The molecule has 2 rings (SSSR count). The first-order valence-corrected chi connectivity index (χ1v) is 11.1. The van der Waals surface area contributed by atoms with Gasteiger partial charge in [0, 0.05) is 23.4 Å². The number of aryl methyl sites for hydroxylation is 1. The highest BCUT2D eigenvalue weighted by molar-refractivity contribution is 7.99. The Morgan fingerprint density at radius 1 is 1.07 bits per heavy atom. The smallest absolute Gasteiger partial charge is 0.339 e. The van der Waals surface area contributed by atoms with Crippen molar-refractivity contribution in [1.82, 2.24) is 5.32 Å². The molecule has 2 aromatic rings. The van der Waals surface area contributed by atoms with Gasteiger partial charge in [-0.25, -0.2) is 13.2 Å². The molecule has 0 fully saturated rings. The van der Waals surface area contributed by atoms with Crippen molar-refractivity contribution in [3.05, 3.63) is 59.7 Å². The molecule has 144 valence electrons. The maximum absolute atomic E-state index is 12.1. The van der Waals surface area contributed by atoms with Gasteiger partial charge in [-0.2, -0.15) is 0 Å². The molecule has 0 spiro atoms. The molecule has 1 N–H and O–H groups in total. The Hall–Kier alpha value is -2.32. The molecular weight excluding hydrogens is 386 g/mol. The molecule has 0 aliphatic rings. The SMILES string of the molecule is Cc1ccc(SCCNC(=O)COC(=O)c2ccccc2S(C)(=O)=O)cc1. The second-order valence-corrected chi connectivity index (χ2v) is 9.01. The summed E-state index contributed by atoms with van der Waals surface area (Å²) in [6, 6.07) is 13.8. The average molecular weight is 408 g/mol. The number of sulfone groups is 1. The second kappa shape index (κ2) is 9.57. The first-order valence-electron chi connectivity index (χ1n) is 8.20. The number of thioether (sulfide) groups is 1. The van der Waals surface area contributed by atoms with Crippen LogP contribution in [-0.2, 0) is 19.4 Å². The lowest BCUT2D eigenvalue weighted by Gasteiger charge is -2.09. The lowest BCUT2D eigenvalue weighted by atomic mass is 10.2. The van der Waals surface area contributed by atoms with E-state index in [0.717, 1.165) is 11.2 Å². The minimum absolute atomic E-state index is 0.0808. The van der Waals surface area contributed by atoms with Gasteiger partial charge in [0.1, 0.15) is 0 Å². The third-order valence-electron chi connectivity index (χ3n) is 3.55. The van der Waals surface area contributed by atoms with Gasteiger partial charge in [-0.1, -0.05) is 29.8 Å². The van der Waals surface area contributed by atoms with Crippen LogP contribution in [0, 0.1) is 6.92 Å². The van der Waals surface area contributed by atoms with Gasteiger partial charge in [-0.05, 0) is 31.2 Å². The van der Waals surface area contributed by atoms with Crippen LogP contribution in [0.4, 0.5) is 0 Å². The van der Waals surface area contributed by atoms with Crippen molar-refractivity contribution in [3.8, 4) is 0 Å². The molecule has 0 aliphatic heterocycles. The van der Waals surface area contributed by atoms with Crippen LogP contribution in [0.15, 0.2) is 58.3 Å². The van der Waals surface area contributed by atoms with Gasteiger partial charge in [0.15, 0.2) is 16.4 Å². The molecule has 0 bridgehead atoms. The highest BCUT2D eigenvalue weighted by atomic mass is 32.2. The van der Waals surface area contributed by atoms with E-state index in [1.807, 2.05) is 31.2 Å². The number of rotatable bonds is 8. The number of amides is 1. The van der Waals surface area contributed by atoms with Gasteiger partial charge in [0.2, 0.25) is 0 Å². The highest BCUT2D eigenvalue weighted by Gasteiger charge is 2.19. The third kappa shape index (κ3) is 6.73. The largest absolute Gasteiger partial charge is 0.452 e. The molecule has 0 aliphatic carbocycles. The molecule has 0 radical (unpaired) electrons. The molecular formula is C19H21NO5S2. The van der Waals surface area contributed by atoms with E-state index in [2.05, 4.69) is 5.32 Å². The van der Waals surface area contributed by atoms with Crippen molar-refractivity contribution in [2.75, 3.05) is 25.2 Å². The van der Waals surface area contributed by atoms with E-state index in [0.29, 0.717) is 12.3 Å². The molecule has 27 heavy (non-hydrogen) atoms. The van der Waals surface area contributed by atoms with Gasteiger partial charge in [-0.15, -0.1) is 11.8 Å². The molecule has 0 saturated carbocycles. The van der Waals surface area contributed by atoms with Crippen molar-refractivity contribution < 1.29 is 22.7 Å². The fourth-order valence-corrected chi connectivity index (χ4v) is 3.86. The predicted octanol–water partition coefficient (Wildman–Crippen LogP) is 2.46. The fraction of sp³-hybridized carbons (Fsp3) is 0.263. The van der Waals surface area contributed by atoms with Crippen LogP contribution in [-0.4, -0.2) is 45.5 Å². The van der Waals surface area contributed by atoms with E-state index < -0.39 is 28.3 Å². The van der Waals surface area contributed by atoms with Crippen molar-refractivity contribution in [2.24, 2.45) is 0 Å². The quantitative estimate of drug-likeness (QED) is 0.411. The first-order chi connectivity index (χ1) is 12.8. The average Bonchev–Trinajstić information content (AvgIpc) is 2.64. The number of benzene rings is 2. The van der Waals surface area contributed by atoms with E-state index >= 15 is 0 Å². The fourth-order valence-electron chi connectivity index (χ4n) is 2.21. The van der Waals surface area contributed by atoms with Gasteiger partial charge in [-0.3, -0.25) is 4.79 Å². The van der Waals surface area contributed by atoms with E-state index in [9.17, 15) is 18.0 Å². The molecule has 6 nitrogen and oxygen atoms in total. The Balaban J connectivity index is 1.77. The number of nitrogens with one attached hydrogen (secondary N) is 1. The molecule has 0 heterocycles. The minimum atomic E-state index is -3.57. The number of ether oxygens (including phenoxy) is 1. The van der Waals surface area contributed by atoms with Gasteiger partial charge < -0.3 is 10.1 Å². The summed E-state index contributed by atoms with van der Waals surface area (Å²) in [7, 11) is -3.57. The summed E-state index contributed by atoms with van der Waals surface area (Å²) in [5.41, 5.74) is 1.11. The Morgan fingerprint density at radius 3 is 2.41 bits per heavy atom. The molecule has 0 atom stereocenters. The van der Waals surface area contributed by atoms with Gasteiger partial charge in [0.25, 0.3) is 5.91 Å². The van der Waals surface area contributed by atoms with Crippen LogP contribution < -0.4 is 5.32 Å². The summed E-state index contributed by atoms with van der Waals surface area (Å²) in [5, 5.41) is 2.66. The van der Waals surface area contributed by atoms with Crippen LogP contribution in [0.1, 0.15) is 15.9 Å². The summed E-state index contributed by atoms with van der Waals surface area (Å²) in [5.74, 6) is -0.607. The second-order valence-electron chi connectivity index (χ2n) is 5.86. The first kappa shape index (κ1) is 21.0. The topological polar surface area (TPSA) is 89.5 Å². The van der Waals surface area contributed by atoms with Crippen molar-refractivity contribution in [1.29, 1.82) is 0 Å². The molecule has 2 aromatic carbocycles. The van der Waals surface area contributed by atoms with Crippen molar-refractivity contribution >= 4 is 33.5 Å². The zero-order chi connectivity index (χ0) is 19.9. The lowest BCUT2D eigenvalue weighted by Crippen LogP contribution is -2.30. The maximum atomic E-state index is 12.1. The maximum Gasteiger partial charge on any atom is 0.339 e. The summed E-state index contributed by atoms with van der Waals surface area (Å²) in [4.78, 5) is 24.9. The van der Waals surface area contributed by atoms with E-state index in [4.69, 9.17) is 4.74 Å². The van der Waals surface area contributed by atoms with Crippen molar-refractivity contribution in [3.63, 3.8) is 0 Å². The highest BCUT2D eigenvalue weighted by Crippen LogP contribution is 2.18. The zero-order valence-corrected chi connectivity index (χ0v) is 16.7. The normalized spacial score (nSPS) is 11.0. The zero-order valence-electron chi connectivity index (χ0n) is 15.1. The Kier molecular flexibility index (Phi) is 7.44. The Labute approximate surface area is 163 Å². The summed E-state index contributed by atoms with van der Waals surface area (Å²) >= 11 is 1.61. The van der Waals surface area contributed by atoms with Crippen LogP contribution in [0.2, 0.25) is 0 Å². The lowest BCUT2D eigenvalue weighted by molar-refractivity contribution is -0.124. The molecule has 0 unspecified atom stereocenters. The number of hydrogen-bond acceptors (Lipinski definition) is 6. The molecule has 1 amide bonds. The van der Waals surface area contributed by atoms with E-state index in [1.165, 1.54) is 29.8 Å². The van der Waals surface area contributed by atoms with Gasteiger partial charge >= 0.3 is 5.97 Å². The monoisotopic (exact) mass is 407 g/mol. The summed E-state index contributed by atoms with van der Waals surface area (Å²) in [6.45, 7) is 1.98.